The summed E-state index contributed by atoms with van der Waals surface area (Å²) < 4.78 is 10.8. The number of carbonyl (C=O) groups excluding carboxylic acids is 3. The second-order valence-corrected chi connectivity index (χ2v) is 11.2. The SMILES string of the molecule is O=C(CN1CN(c2ccccc2)C2(CCN(C(=O)Nc3cccc(Cl)c3Cl)CC2)C1=O)NCc1ccc2c(c1)OCO2. The van der Waals surface area contributed by atoms with Crippen molar-refractivity contribution in [3.05, 3.63) is 82.3 Å². The molecule has 4 amide bonds. The van der Waals surface area contributed by atoms with Crippen LogP contribution in [0.5, 0.6) is 11.5 Å². The Bertz CT molecular complexity index is 1510. The zero-order chi connectivity index (χ0) is 29.3. The molecule has 1 spiro atoms. The number of piperidine rings is 1. The van der Waals surface area contributed by atoms with E-state index in [0.717, 1.165) is 11.3 Å². The molecule has 42 heavy (non-hydrogen) atoms. The number of halogens is 2. The smallest absolute Gasteiger partial charge is 0.321 e. The molecule has 2 saturated heterocycles. The van der Waals surface area contributed by atoms with Crippen LogP contribution in [0.15, 0.2) is 66.7 Å². The van der Waals surface area contributed by atoms with Gasteiger partial charge in [0.2, 0.25) is 12.7 Å². The van der Waals surface area contributed by atoms with Crippen LogP contribution in [0.1, 0.15) is 18.4 Å². The number of hydrogen-bond donors (Lipinski definition) is 2. The lowest BCUT2D eigenvalue weighted by Gasteiger charge is -2.43. The summed E-state index contributed by atoms with van der Waals surface area (Å²) in [5.41, 5.74) is 1.31. The molecule has 3 heterocycles. The van der Waals surface area contributed by atoms with E-state index in [9.17, 15) is 14.4 Å². The maximum atomic E-state index is 14.0. The molecule has 0 atom stereocenters. The van der Waals surface area contributed by atoms with Gasteiger partial charge in [-0.05, 0) is 54.8 Å². The highest BCUT2D eigenvalue weighted by Gasteiger charge is 2.54. The summed E-state index contributed by atoms with van der Waals surface area (Å²) >= 11 is 12.3. The van der Waals surface area contributed by atoms with Gasteiger partial charge in [0, 0.05) is 25.3 Å². The van der Waals surface area contributed by atoms with Gasteiger partial charge >= 0.3 is 6.03 Å². The highest BCUT2D eigenvalue weighted by Crippen LogP contribution is 2.40. The third kappa shape index (κ3) is 5.39. The normalized spacial score (nSPS) is 17.1. The molecule has 2 fully saturated rings. The number of carbonyl (C=O) groups is 3. The van der Waals surface area contributed by atoms with E-state index < -0.39 is 5.54 Å². The summed E-state index contributed by atoms with van der Waals surface area (Å²) in [6.45, 7) is 1.37. The Kier molecular flexibility index (Phi) is 7.74. The van der Waals surface area contributed by atoms with Crippen molar-refractivity contribution < 1.29 is 23.9 Å². The number of rotatable bonds is 6. The monoisotopic (exact) mass is 609 g/mol. The van der Waals surface area contributed by atoms with Crippen LogP contribution in [0.4, 0.5) is 16.2 Å². The number of anilines is 2. The van der Waals surface area contributed by atoms with Crippen LogP contribution in [-0.4, -0.2) is 66.3 Å². The van der Waals surface area contributed by atoms with Gasteiger partial charge in [-0.3, -0.25) is 9.59 Å². The molecule has 0 aromatic heterocycles. The molecule has 2 N–H and O–H groups in total. The topological polar surface area (TPSA) is 103 Å². The van der Waals surface area contributed by atoms with Crippen LogP contribution in [0, 0.1) is 0 Å². The number of para-hydroxylation sites is 1. The van der Waals surface area contributed by atoms with Crippen LogP contribution in [0.2, 0.25) is 10.0 Å². The Balaban J connectivity index is 1.13. The molecule has 0 unspecified atom stereocenters. The minimum absolute atomic E-state index is 0.0774. The molecule has 0 bridgehead atoms. The summed E-state index contributed by atoms with van der Waals surface area (Å²) in [4.78, 5) is 45.3. The van der Waals surface area contributed by atoms with Crippen molar-refractivity contribution in [1.82, 2.24) is 15.1 Å². The quantitative estimate of drug-likeness (QED) is 0.419. The maximum absolute atomic E-state index is 14.0. The van der Waals surface area contributed by atoms with Crippen LogP contribution < -0.4 is 25.0 Å². The van der Waals surface area contributed by atoms with Gasteiger partial charge < -0.3 is 34.8 Å². The molecule has 218 valence electrons. The molecule has 6 rings (SSSR count). The Labute approximate surface area is 253 Å². The van der Waals surface area contributed by atoms with Gasteiger partial charge in [-0.1, -0.05) is 53.5 Å². The molecule has 3 aromatic rings. The fourth-order valence-electron chi connectivity index (χ4n) is 5.68. The van der Waals surface area contributed by atoms with Gasteiger partial charge in [0.25, 0.3) is 5.91 Å². The zero-order valence-corrected chi connectivity index (χ0v) is 24.2. The van der Waals surface area contributed by atoms with Gasteiger partial charge in [0.1, 0.15) is 12.1 Å². The summed E-state index contributed by atoms with van der Waals surface area (Å²) in [5, 5.41) is 6.35. The maximum Gasteiger partial charge on any atom is 0.321 e. The fourth-order valence-corrected chi connectivity index (χ4v) is 6.03. The molecule has 3 aliphatic rings. The van der Waals surface area contributed by atoms with E-state index in [4.69, 9.17) is 32.7 Å². The molecule has 10 nitrogen and oxygen atoms in total. The van der Waals surface area contributed by atoms with E-state index in [1.165, 1.54) is 0 Å². The average molecular weight is 610 g/mol. The Morgan fingerprint density at radius 3 is 2.48 bits per heavy atom. The van der Waals surface area contributed by atoms with Gasteiger partial charge in [0.05, 0.1) is 22.4 Å². The number of nitrogens with zero attached hydrogens (tertiary/aromatic N) is 3. The largest absolute Gasteiger partial charge is 0.454 e. The first-order valence-electron chi connectivity index (χ1n) is 13.6. The molecule has 0 aliphatic carbocycles. The van der Waals surface area contributed by atoms with Crippen molar-refractivity contribution in [3.63, 3.8) is 0 Å². The Hall–Kier alpha value is -4.15. The zero-order valence-electron chi connectivity index (χ0n) is 22.6. The van der Waals surface area contributed by atoms with Crippen molar-refractivity contribution in [2.75, 3.05) is 43.3 Å². The lowest BCUT2D eigenvalue weighted by Crippen LogP contribution is -2.58. The van der Waals surface area contributed by atoms with E-state index in [2.05, 4.69) is 15.5 Å². The van der Waals surface area contributed by atoms with Crippen molar-refractivity contribution in [3.8, 4) is 11.5 Å². The van der Waals surface area contributed by atoms with Crippen LogP contribution >= 0.6 is 23.2 Å². The number of fused-ring (bicyclic) bond motifs is 1. The number of amides is 4. The summed E-state index contributed by atoms with van der Waals surface area (Å²) in [6, 6.07) is 19.9. The Morgan fingerprint density at radius 1 is 0.929 bits per heavy atom. The minimum atomic E-state index is -0.872. The molecule has 0 saturated carbocycles. The van der Waals surface area contributed by atoms with Gasteiger partial charge in [-0.25, -0.2) is 4.79 Å². The third-order valence-electron chi connectivity index (χ3n) is 7.91. The van der Waals surface area contributed by atoms with Crippen molar-refractivity contribution in [1.29, 1.82) is 0 Å². The van der Waals surface area contributed by atoms with E-state index in [1.54, 1.807) is 28.0 Å². The highest BCUT2D eigenvalue weighted by atomic mass is 35.5. The number of urea groups is 1. The molecular formula is C30H29Cl2N5O5. The van der Waals surface area contributed by atoms with Gasteiger partial charge in [-0.15, -0.1) is 0 Å². The molecule has 3 aromatic carbocycles. The second kappa shape index (κ2) is 11.6. The molecule has 12 heteroatoms. The van der Waals surface area contributed by atoms with Crippen LogP contribution in [0.25, 0.3) is 0 Å². The standard InChI is InChI=1S/C30H29Cl2N5O5/c31-22-7-4-8-23(27(22)32)34-29(40)35-13-11-30(12-14-35)28(39)36(18-37(30)21-5-2-1-3-6-21)17-26(38)33-16-20-9-10-24-25(15-20)42-19-41-24/h1-10,15H,11-14,16-19H2,(H,33,38)(H,34,40). The van der Waals surface area contributed by atoms with E-state index >= 15 is 0 Å². The Morgan fingerprint density at radius 2 is 1.69 bits per heavy atom. The highest BCUT2D eigenvalue weighted by molar-refractivity contribution is 6.44. The lowest BCUT2D eigenvalue weighted by molar-refractivity contribution is -0.137. The third-order valence-corrected chi connectivity index (χ3v) is 8.73. The fraction of sp³-hybridized carbons (Fsp3) is 0.300. The summed E-state index contributed by atoms with van der Waals surface area (Å²) in [7, 11) is 0. The molecular weight excluding hydrogens is 581 g/mol. The summed E-state index contributed by atoms with van der Waals surface area (Å²) in [6.07, 6.45) is 0.819. The predicted octanol–water partition coefficient (Wildman–Crippen LogP) is 4.71. The van der Waals surface area contributed by atoms with Crippen molar-refractivity contribution >= 4 is 52.4 Å². The number of hydrogen-bond acceptors (Lipinski definition) is 6. The first-order chi connectivity index (χ1) is 20.3. The predicted molar refractivity (Wildman–Crippen MR) is 159 cm³/mol. The average Bonchev–Trinajstić information content (AvgIpc) is 3.58. The van der Waals surface area contributed by atoms with Crippen LogP contribution in [0.3, 0.4) is 0 Å². The number of benzene rings is 3. The van der Waals surface area contributed by atoms with Gasteiger partial charge in [-0.2, -0.15) is 0 Å². The first kappa shape index (κ1) is 28.0. The van der Waals surface area contributed by atoms with Gasteiger partial charge in [0.15, 0.2) is 11.5 Å². The van der Waals surface area contributed by atoms with E-state index in [1.807, 2.05) is 48.5 Å². The van der Waals surface area contributed by atoms with E-state index in [0.29, 0.717) is 54.7 Å². The first-order valence-corrected chi connectivity index (χ1v) is 14.4. The number of ether oxygens (including phenoxy) is 2. The summed E-state index contributed by atoms with van der Waals surface area (Å²) in [5.74, 6) is 0.937. The molecule has 0 radical (unpaired) electrons. The lowest BCUT2D eigenvalue weighted by atomic mass is 9.85. The minimum Gasteiger partial charge on any atom is -0.454 e. The van der Waals surface area contributed by atoms with Crippen molar-refractivity contribution in [2.45, 2.75) is 24.9 Å². The van der Waals surface area contributed by atoms with Crippen molar-refractivity contribution in [2.24, 2.45) is 0 Å². The number of nitrogens with one attached hydrogen (secondary N) is 2. The molecule has 3 aliphatic heterocycles. The van der Waals surface area contributed by atoms with Crippen LogP contribution in [-0.2, 0) is 16.1 Å². The van der Waals surface area contributed by atoms with E-state index in [-0.39, 0.29) is 42.9 Å². The number of likely N-dealkylation sites (tertiary alicyclic amines) is 1. The second-order valence-electron chi connectivity index (χ2n) is 10.4.